The van der Waals surface area contributed by atoms with Crippen LogP contribution in [0.5, 0.6) is 11.5 Å². The molecule has 0 saturated heterocycles. The van der Waals surface area contributed by atoms with E-state index in [1.165, 1.54) is 0 Å². The number of ether oxygens (including phenoxy) is 2. The zero-order valence-corrected chi connectivity index (χ0v) is 13.9. The summed E-state index contributed by atoms with van der Waals surface area (Å²) in [6, 6.07) is 4.07. The van der Waals surface area contributed by atoms with Crippen LogP contribution in [0, 0.1) is 5.92 Å². The lowest BCUT2D eigenvalue weighted by molar-refractivity contribution is 0.286. The molecule has 1 aromatic rings. The second-order valence-corrected chi connectivity index (χ2v) is 5.37. The summed E-state index contributed by atoms with van der Waals surface area (Å²) in [5, 5.41) is 4.20. The number of nitrogens with one attached hydrogen (secondary N) is 1. The first kappa shape index (κ1) is 17.1. The van der Waals surface area contributed by atoms with Crippen molar-refractivity contribution in [2.75, 3.05) is 19.8 Å². The molecule has 0 saturated carbocycles. The lowest BCUT2D eigenvalue weighted by Gasteiger charge is -2.24. The van der Waals surface area contributed by atoms with Crippen LogP contribution in [0.3, 0.4) is 0 Å². The molecule has 3 nitrogen and oxygen atoms in total. The monoisotopic (exact) mass is 299 g/mol. The summed E-state index contributed by atoms with van der Waals surface area (Å²) < 4.78 is 11.3. The fourth-order valence-electron chi connectivity index (χ4n) is 2.25. The molecule has 0 aliphatic carbocycles. The topological polar surface area (TPSA) is 30.5 Å². The second-order valence-electron chi connectivity index (χ2n) is 4.97. The molecule has 0 radical (unpaired) electrons. The molecule has 0 aromatic heterocycles. The van der Waals surface area contributed by atoms with Crippen molar-refractivity contribution in [2.24, 2.45) is 5.92 Å². The first-order chi connectivity index (χ1) is 9.54. The first-order valence-electron chi connectivity index (χ1n) is 7.37. The van der Waals surface area contributed by atoms with Crippen LogP contribution >= 0.6 is 11.6 Å². The van der Waals surface area contributed by atoms with Crippen molar-refractivity contribution in [3.05, 3.63) is 22.7 Å². The van der Waals surface area contributed by atoms with Crippen LogP contribution in [0.15, 0.2) is 12.1 Å². The minimum absolute atomic E-state index is 0.211. The molecule has 0 fully saturated rings. The van der Waals surface area contributed by atoms with Gasteiger partial charge in [-0.2, -0.15) is 0 Å². The van der Waals surface area contributed by atoms with Gasteiger partial charge in [0.1, 0.15) is 0 Å². The molecule has 0 amide bonds. The Morgan fingerprint density at radius 3 is 2.05 bits per heavy atom. The minimum Gasteiger partial charge on any atom is -0.490 e. The zero-order valence-electron chi connectivity index (χ0n) is 13.1. The number of benzene rings is 1. The van der Waals surface area contributed by atoms with E-state index in [0.29, 0.717) is 24.9 Å². The summed E-state index contributed by atoms with van der Waals surface area (Å²) in [6.45, 7) is 12.5. The molecule has 0 bridgehead atoms. The van der Waals surface area contributed by atoms with E-state index in [4.69, 9.17) is 21.1 Å². The average molecular weight is 300 g/mol. The summed E-state index contributed by atoms with van der Waals surface area (Å²) in [5.41, 5.74) is 1.07. The normalized spacial score (nSPS) is 12.6. The summed E-state index contributed by atoms with van der Waals surface area (Å²) in [5.74, 6) is 1.92. The van der Waals surface area contributed by atoms with Gasteiger partial charge in [-0.1, -0.05) is 32.4 Å². The van der Waals surface area contributed by atoms with E-state index >= 15 is 0 Å². The third-order valence-electron chi connectivity index (χ3n) is 3.09. The fourth-order valence-corrected chi connectivity index (χ4v) is 2.52. The van der Waals surface area contributed by atoms with Gasteiger partial charge in [0.2, 0.25) is 0 Å². The molecule has 20 heavy (non-hydrogen) atoms. The van der Waals surface area contributed by atoms with Crippen LogP contribution < -0.4 is 14.8 Å². The van der Waals surface area contributed by atoms with Crippen molar-refractivity contribution in [1.82, 2.24) is 5.32 Å². The Bertz CT molecular complexity index is 421. The lowest BCUT2D eigenvalue weighted by atomic mass is 9.95. The van der Waals surface area contributed by atoms with Crippen molar-refractivity contribution in [3.63, 3.8) is 0 Å². The highest BCUT2D eigenvalue weighted by atomic mass is 35.5. The Hall–Kier alpha value is -0.930. The first-order valence-corrected chi connectivity index (χ1v) is 7.75. The Morgan fingerprint density at radius 2 is 1.60 bits per heavy atom. The van der Waals surface area contributed by atoms with E-state index in [0.717, 1.165) is 22.9 Å². The van der Waals surface area contributed by atoms with Crippen LogP contribution in [0.4, 0.5) is 0 Å². The van der Waals surface area contributed by atoms with Gasteiger partial charge in [0.25, 0.3) is 0 Å². The fraction of sp³-hybridized carbons (Fsp3) is 0.625. The second kappa shape index (κ2) is 8.38. The standard InChI is InChI=1S/C16H26ClNO2/c1-6-18-16(11(4)5)12-9-14(19-7-2)15(20-8-3)10-13(12)17/h9-11,16,18H,6-8H2,1-5H3. The molecule has 0 aliphatic rings. The van der Waals surface area contributed by atoms with E-state index in [1.807, 2.05) is 26.0 Å². The van der Waals surface area contributed by atoms with Gasteiger partial charge in [0, 0.05) is 17.1 Å². The van der Waals surface area contributed by atoms with Crippen LogP contribution in [-0.2, 0) is 0 Å². The van der Waals surface area contributed by atoms with Crippen molar-refractivity contribution in [2.45, 2.75) is 40.7 Å². The summed E-state index contributed by atoms with van der Waals surface area (Å²) in [7, 11) is 0. The molecule has 0 heterocycles. The van der Waals surface area contributed by atoms with Crippen molar-refractivity contribution in [1.29, 1.82) is 0 Å². The maximum absolute atomic E-state index is 6.44. The maximum Gasteiger partial charge on any atom is 0.162 e. The van der Waals surface area contributed by atoms with E-state index in [-0.39, 0.29) is 6.04 Å². The van der Waals surface area contributed by atoms with E-state index in [9.17, 15) is 0 Å². The molecule has 0 spiro atoms. The van der Waals surface area contributed by atoms with E-state index in [1.54, 1.807) is 0 Å². The molecule has 1 aromatic carbocycles. The van der Waals surface area contributed by atoms with Gasteiger partial charge in [-0.25, -0.2) is 0 Å². The van der Waals surface area contributed by atoms with Crippen molar-refractivity contribution in [3.8, 4) is 11.5 Å². The van der Waals surface area contributed by atoms with Crippen molar-refractivity contribution >= 4 is 11.6 Å². The van der Waals surface area contributed by atoms with Gasteiger partial charge in [-0.15, -0.1) is 0 Å². The Kier molecular flexibility index (Phi) is 7.17. The Morgan fingerprint density at radius 1 is 1.05 bits per heavy atom. The molecule has 4 heteroatoms. The largest absolute Gasteiger partial charge is 0.490 e. The highest BCUT2D eigenvalue weighted by molar-refractivity contribution is 6.31. The lowest BCUT2D eigenvalue weighted by Crippen LogP contribution is -2.25. The third kappa shape index (κ3) is 4.29. The predicted molar refractivity (Wildman–Crippen MR) is 85.0 cm³/mol. The molecule has 1 atom stereocenters. The van der Waals surface area contributed by atoms with Gasteiger partial charge in [0.05, 0.1) is 13.2 Å². The number of hydrogen-bond donors (Lipinski definition) is 1. The Balaban J connectivity index is 3.21. The SMILES string of the molecule is CCNC(c1cc(OCC)c(OCC)cc1Cl)C(C)C. The predicted octanol–water partition coefficient (Wildman–Crippen LogP) is 4.44. The average Bonchev–Trinajstić information content (AvgIpc) is 2.39. The third-order valence-corrected chi connectivity index (χ3v) is 3.42. The quantitative estimate of drug-likeness (QED) is 0.769. The van der Waals surface area contributed by atoms with Gasteiger partial charge in [-0.05, 0) is 37.9 Å². The van der Waals surface area contributed by atoms with Gasteiger partial charge in [-0.3, -0.25) is 0 Å². The van der Waals surface area contributed by atoms with E-state index in [2.05, 4.69) is 26.1 Å². The van der Waals surface area contributed by atoms with Gasteiger partial charge < -0.3 is 14.8 Å². The molecule has 1 unspecified atom stereocenters. The van der Waals surface area contributed by atoms with Crippen LogP contribution in [0.2, 0.25) is 5.02 Å². The maximum atomic E-state index is 6.44. The number of hydrogen-bond acceptors (Lipinski definition) is 3. The van der Waals surface area contributed by atoms with Crippen molar-refractivity contribution < 1.29 is 9.47 Å². The molecule has 1 rings (SSSR count). The molecule has 0 aliphatic heterocycles. The molecule has 1 N–H and O–H groups in total. The van der Waals surface area contributed by atoms with Crippen LogP contribution in [0.25, 0.3) is 0 Å². The summed E-state index contributed by atoms with van der Waals surface area (Å²) in [4.78, 5) is 0. The molecular weight excluding hydrogens is 274 g/mol. The number of halogens is 1. The molecular formula is C16H26ClNO2. The highest BCUT2D eigenvalue weighted by Crippen LogP contribution is 2.38. The van der Waals surface area contributed by atoms with Gasteiger partial charge in [0.15, 0.2) is 11.5 Å². The smallest absolute Gasteiger partial charge is 0.162 e. The highest BCUT2D eigenvalue weighted by Gasteiger charge is 2.20. The van der Waals surface area contributed by atoms with Gasteiger partial charge >= 0.3 is 0 Å². The number of rotatable bonds is 8. The van der Waals surface area contributed by atoms with Crippen LogP contribution in [-0.4, -0.2) is 19.8 Å². The van der Waals surface area contributed by atoms with E-state index < -0.39 is 0 Å². The molecule has 114 valence electrons. The summed E-state index contributed by atoms with van der Waals surface area (Å²) >= 11 is 6.44. The summed E-state index contributed by atoms with van der Waals surface area (Å²) in [6.07, 6.45) is 0. The Labute approximate surface area is 127 Å². The minimum atomic E-state index is 0.211. The zero-order chi connectivity index (χ0) is 15.1. The van der Waals surface area contributed by atoms with Crippen LogP contribution in [0.1, 0.15) is 46.2 Å².